The van der Waals surface area contributed by atoms with E-state index >= 15 is 0 Å². The minimum atomic E-state index is -0.515. The van der Waals surface area contributed by atoms with Crippen molar-refractivity contribution in [3.8, 4) is 5.75 Å². The van der Waals surface area contributed by atoms with Crippen LogP contribution in [-0.2, 0) is 9.59 Å². The number of ether oxygens (including phenoxy) is 1. The summed E-state index contributed by atoms with van der Waals surface area (Å²) in [6.07, 6.45) is 1.40. The van der Waals surface area contributed by atoms with Gasteiger partial charge in [-0.1, -0.05) is 12.2 Å². The second-order valence-electron chi connectivity index (χ2n) is 6.09. The van der Waals surface area contributed by atoms with Gasteiger partial charge in [0.25, 0.3) is 5.91 Å². The third-order valence-corrected chi connectivity index (χ3v) is 3.81. The molecule has 1 N–H and O–H groups in total. The highest BCUT2D eigenvalue weighted by Gasteiger charge is 2.33. The topological polar surface area (TPSA) is 58.6 Å². The Hall–Kier alpha value is -2.30. The SMILES string of the molecule is C=C(C)CN1C(=O)C(C)Oc2ccc(NC(=O)C3CC3)cc21. The maximum absolute atomic E-state index is 12.3. The average molecular weight is 300 g/mol. The van der Waals surface area contributed by atoms with Crippen molar-refractivity contribution in [2.24, 2.45) is 5.92 Å². The van der Waals surface area contributed by atoms with Crippen molar-refractivity contribution in [2.45, 2.75) is 32.8 Å². The second kappa shape index (κ2) is 5.48. The summed E-state index contributed by atoms with van der Waals surface area (Å²) in [5.41, 5.74) is 2.26. The van der Waals surface area contributed by atoms with Gasteiger partial charge in [-0.25, -0.2) is 0 Å². The van der Waals surface area contributed by atoms with E-state index in [1.54, 1.807) is 30.0 Å². The molecule has 3 rings (SSSR count). The lowest BCUT2D eigenvalue weighted by Gasteiger charge is -2.33. The normalized spacial score (nSPS) is 20.2. The van der Waals surface area contributed by atoms with Crippen molar-refractivity contribution < 1.29 is 14.3 Å². The molecule has 1 fully saturated rings. The number of carbonyl (C=O) groups is 2. The lowest BCUT2D eigenvalue weighted by atomic mass is 10.1. The summed E-state index contributed by atoms with van der Waals surface area (Å²) in [5.74, 6) is 0.738. The first kappa shape index (κ1) is 14.6. The molecule has 5 heteroatoms. The van der Waals surface area contributed by atoms with Crippen molar-refractivity contribution in [1.82, 2.24) is 0 Å². The molecule has 2 amide bonds. The fraction of sp³-hybridized carbons (Fsp3) is 0.412. The van der Waals surface area contributed by atoms with Crippen molar-refractivity contribution in [3.05, 3.63) is 30.4 Å². The first-order valence-electron chi connectivity index (χ1n) is 7.53. The van der Waals surface area contributed by atoms with Gasteiger partial charge >= 0.3 is 0 Å². The van der Waals surface area contributed by atoms with Gasteiger partial charge in [0.15, 0.2) is 6.10 Å². The molecule has 1 aliphatic heterocycles. The van der Waals surface area contributed by atoms with Gasteiger partial charge < -0.3 is 15.0 Å². The summed E-state index contributed by atoms with van der Waals surface area (Å²) in [7, 11) is 0. The molecule has 5 nitrogen and oxygen atoms in total. The number of amides is 2. The quantitative estimate of drug-likeness (QED) is 0.870. The number of nitrogens with zero attached hydrogens (tertiary/aromatic N) is 1. The Kier molecular flexibility index (Phi) is 3.64. The highest BCUT2D eigenvalue weighted by atomic mass is 16.5. The highest BCUT2D eigenvalue weighted by molar-refractivity contribution is 6.01. The molecule has 1 saturated carbocycles. The first-order chi connectivity index (χ1) is 10.5. The van der Waals surface area contributed by atoms with Gasteiger partial charge in [0.1, 0.15) is 5.75 Å². The fourth-order valence-electron chi connectivity index (χ4n) is 2.51. The van der Waals surface area contributed by atoms with Gasteiger partial charge in [-0.15, -0.1) is 0 Å². The molecule has 116 valence electrons. The largest absolute Gasteiger partial charge is 0.479 e. The molecule has 0 saturated heterocycles. The number of nitrogens with one attached hydrogen (secondary N) is 1. The van der Waals surface area contributed by atoms with Gasteiger partial charge in [0.05, 0.1) is 5.69 Å². The number of hydrogen-bond donors (Lipinski definition) is 1. The summed E-state index contributed by atoms with van der Waals surface area (Å²) in [4.78, 5) is 25.9. The number of benzene rings is 1. The Morgan fingerprint density at radius 2 is 2.18 bits per heavy atom. The molecule has 1 atom stereocenters. The number of carbonyl (C=O) groups excluding carboxylic acids is 2. The van der Waals surface area contributed by atoms with E-state index in [-0.39, 0.29) is 17.7 Å². The number of hydrogen-bond acceptors (Lipinski definition) is 3. The van der Waals surface area contributed by atoms with E-state index < -0.39 is 6.10 Å². The predicted octanol–water partition coefficient (Wildman–Crippen LogP) is 2.73. The number of rotatable bonds is 4. The molecule has 22 heavy (non-hydrogen) atoms. The van der Waals surface area contributed by atoms with E-state index in [1.165, 1.54) is 0 Å². The lowest BCUT2D eigenvalue weighted by molar-refractivity contribution is -0.125. The summed E-state index contributed by atoms with van der Waals surface area (Å²) >= 11 is 0. The molecule has 1 aromatic carbocycles. The Morgan fingerprint density at radius 1 is 1.45 bits per heavy atom. The van der Waals surface area contributed by atoms with Crippen LogP contribution in [0.15, 0.2) is 30.4 Å². The molecule has 1 unspecified atom stereocenters. The van der Waals surface area contributed by atoms with Gasteiger partial charge in [-0.2, -0.15) is 0 Å². The Balaban J connectivity index is 1.90. The predicted molar refractivity (Wildman–Crippen MR) is 85.1 cm³/mol. The molecule has 1 heterocycles. The highest BCUT2D eigenvalue weighted by Crippen LogP contribution is 2.37. The smallest absolute Gasteiger partial charge is 0.268 e. The zero-order valence-electron chi connectivity index (χ0n) is 12.9. The van der Waals surface area contributed by atoms with E-state index in [4.69, 9.17) is 4.74 Å². The standard InChI is InChI=1S/C17H20N2O3/c1-10(2)9-19-14-8-13(18-16(20)12-4-5-12)6-7-15(14)22-11(3)17(19)21/h6-8,11-12H,1,4-5,9H2,2-3H3,(H,18,20). The van der Waals surface area contributed by atoms with Crippen LogP contribution in [-0.4, -0.2) is 24.5 Å². The van der Waals surface area contributed by atoms with Gasteiger partial charge in [0, 0.05) is 18.2 Å². The van der Waals surface area contributed by atoms with Crippen LogP contribution in [0.5, 0.6) is 5.75 Å². The number of fused-ring (bicyclic) bond motifs is 1. The van der Waals surface area contributed by atoms with Crippen LogP contribution < -0.4 is 15.0 Å². The monoisotopic (exact) mass is 300 g/mol. The summed E-state index contributed by atoms with van der Waals surface area (Å²) in [5, 5.41) is 2.90. The van der Waals surface area contributed by atoms with Crippen molar-refractivity contribution >= 4 is 23.2 Å². The molecular formula is C17H20N2O3. The van der Waals surface area contributed by atoms with Crippen LogP contribution in [0.3, 0.4) is 0 Å². The zero-order valence-corrected chi connectivity index (χ0v) is 12.9. The minimum Gasteiger partial charge on any atom is -0.479 e. The third-order valence-electron chi connectivity index (χ3n) is 3.81. The molecule has 0 radical (unpaired) electrons. The second-order valence-corrected chi connectivity index (χ2v) is 6.09. The van der Waals surface area contributed by atoms with E-state index in [9.17, 15) is 9.59 Å². The van der Waals surface area contributed by atoms with Gasteiger partial charge in [0.2, 0.25) is 5.91 Å². The van der Waals surface area contributed by atoms with Crippen LogP contribution in [0.4, 0.5) is 11.4 Å². The summed E-state index contributed by atoms with van der Waals surface area (Å²) in [6, 6.07) is 5.40. The molecule has 1 aromatic rings. The third kappa shape index (κ3) is 2.84. The van der Waals surface area contributed by atoms with Crippen molar-refractivity contribution in [1.29, 1.82) is 0 Å². The Labute approximate surface area is 129 Å². The van der Waals surface area contributed by atoms with Crippen LogP contribution in [0, 0.1) is 5.92 Å². The van der Waals surface area contributed by atoms with Crippen LogP contribution in [0.1, 0.15) is 26.7 Å². The van der Waals surface area contributed by atoms with Crippen molar-refractivity contribution in [2.75, 3.05) is 16.8 Å². The molecule has 0 spiro atoms. The van der Waals surface area contributed by atoms with E-state index in [0.717, 1.165) is 18.4 Å². The van der Waals surface area contributed by atoms with Crippen LogP contribution in [0.25, 0.3) is 0 Å². The Morgan fingerprint density at radius 3 is 2.82 bits per heavy atom. The van der Waals surface area contributed by atoms with Gasteiger partial charge in [-0.3, -0.25) is 9.59 Å². The van der Waals surface area contributed by atoms with E-state index in [1.807, 2.05) is 6.92 Å². The number of anilines is 2. The Bertz CT molecular complexity index is 649. The molecule has 0 bridgehead atoms. The van der Waals surface area contributed by atoms with E-state index in [2.05, 4.69) is 11.9 Å². The average Bonchev–Trinajstić information content (AvgIpc) is 3.29. The molecule has 0 aromatic heterocycles. The first-order valence-corrected chi connectivity index (χ1v) is 7.53. The minimum absolute atomic E-state index is 0.0443. The summed E-state index contributed by atoms with van der Waals surface area (Å²) < 4.78 is 5.64. The zero-order chi connectivity index (χ0) is 15.9. The van der Waals surface area contributed by atoms with Crippen LogP contribution in [0.2, 0.25) is 0 Å². The van der Waals surface area contributed by atoms with Gasteiger partial charge in [-0.05, 0) is 44.9 Å². The fourth-order valence-corrected chi connectivity index (χ4v) is 2.51. The molecule has 2 aliphatic rings. The lowest BCUT2D eigenvalue weighted by Crippen LogP contribution is -2.45. The maximum atomic E-state index is 12.3. The van der Waals surface area contributed by atoms with Crippen molar-refractivity contribution in [3.63, 3.8) is 0 Å². The maximum Gasteiger partial charge on any atom is 0.268 e. The molecule has 1 aliphatic carbocycles. The summed E-state index contributed by atoms with van der Waals surface area (Å²) in [6.45, 7) is 7.94. The molecular weight excluding hydrogens is 280 g/mol. The van der Waals surface area contributed by atoms with E-state index in [0.29, 0.717) is 23.7 Å². The van der Waals surface area contributed by atoms with Crippen LogP contribution >= 0.6 is 0 Å².